The number of nitrogens with zero attached hydrogens (tertiary/aromatic N) is 3. The lowest BCUT2D eigenvalue weighted by Gasteiger charge is -2.00. The third-order valence-electron chi connectivity index (χ3n) is 3.20. The van der Waals surface area contributed by atoms with Crippen molar-refractivity contribution in [2.75, 3.05) is 17.7 Å². The van der Waals surface area contributed by atoms with E-state index in [0.717, 1.165) is 10.9 Å². The molecule has 110 valence electrons. The second-order valence-electron chi connectivity index (χ2n) is 4.90. The molecule has 21 heavy (non-hydrogen) atoms. The van der Waals surface area contributed by atoms with E-state index in [1.54, 1.807) is 4.68 Å². The molecule has 0 aliphatic heterocycles. The highest BCUT2D eigenvalue weighted by Crippen LogP contribution is 2.30. The van der Waals surface area contributed by atoms with Gasteiger partial charge in [0.2, 0.25) is 0 Å². The number of hydrogen-bond donors (Lipinski definition) is 2. The van der Waals surface area contributed by atoms with Gasteiger partial charge in [0.25, 0.3) is 0 Å². The molecule has 0 radical (unpaired) electrons. The number of rotatable bonds is 4. The first kappa shape index (κ1) is 13.6. The quantitative estimate of drug-likeness (QED) is 0.749. The Bertz CT molecular complexity index is 880. The molecule has 0 fully saturated rings. The number of benzene rings is 1. The minimum absolute atomic E-state index is 0.00474. The maximum absolute atomic E-state index is 11.3. The van der Waals surface area contributed by atoms with Crippen LogP contribution in [0.15, 0.2) is 30.3 Å². The lowest BCUT2D eigenvalue weighted by molar-refractivity contribution is 0.588. The molecule has 0 atom stereocenters. The molecule has 0 spiro atoms. The molecule has 7 nitrogen and oxygen atoms in total. The molecule has 0 amide bonds. The van der Waals surface area contributed by atoms with Crippen molar-refractivity contribution in [1.29, 1.82) is 0 Å². The second-order valence-corrected chi connectivity index (χ2v) is 7.16. The fraction of sp³-hybridized carbons (Fsp3) is 0.231. The lowest BCUT2D eigenvalue weighted by atomic mass is 10.1. The Morgan fingerprint density at radius 3 is 2.67 bits per heavy atom. The van der Waals surface area contributed by atoms with Crippen LogP contribution in [-0.4, -0.2) is 40.4 Å². The van der Waals surface area contributed by atoms with Crippen molar-refractivity contribution in [3.63, 3.8) is 0 Å². The fourth-order valence-electron chi connectivity index (χ4n) is 2.19. The van der Waals surface area contributed by atoms with Crippen molar-refractivity contribution < 1.29 is 8.42 Å². The number of nitrogens with one attached hydrogen (secondary N) is 1. The van der Waals surface area contributed by atoms with E-state index in [-0.39, 0.29) is 12.3 Å². The van der Waals surface area contributed by atoms with Gasteiger partial charge in [-0.2, -0.15) is 10.2 Å². The molecule has 3 N–H and O–H groups in total. The van der Waals surface area contributed by atoms with E-state index in [9.17, 15) is 8.42 Å². The number of sulfone groups is 1. The van der Waals surface area contributed by atoms with Crippen molar-refractivity contribution in [3.8, 4) is 11.3 Å². The maximum Gasteiger partial charge on any atom is 0.182 e. The van der Waals surface area contributed by atoms with Gasteiger partial charge in [0.05, 0.1) is 17.7 Å². The van der Waals surface area contributed by atoms with E-state index < -0.39 is 9.84 Å². The van der Waals surface area contributed by atoms with Crippen LogP contribution in [0, 0.1) is 0 Å². The molecule has 8 heteroatoms. The number of hydrogen-bond acceptors (Lipinski definition) is 5. The SMILES string of the molecule is CS(=O)(=O)CCn1nc(-c2ccccc2)c2c(N)[nH]nc21. The summed E-state index contributed by atoms with van der Waals surface area (Å²) in [6.45, 7) is 0.243. The molecular formula is C13H15N5O2S. The van der Waals surface area contributed by atoms with E-state index in [1.807, 2.05) is 30.3 Å². The van der Waals surface area contributed by atoms with Crippen LogP contribution in [0.3, 0.4) is 0 Å². The van der Waals surface area contributed by atoms with E-state index in [2.05, 4.69) is 15.3 Å². The molecule has 0 aliphatic rings. The Labute approximate surface area is 121 Å². The Balaban J connectivity index is 2.11. The zero-order valence-corrected chi connectivity index (χ0v) is 12.3. The lowest BCUT2D eigenvalue weighted by Crippen LogP contribution is -2.12. The number of nitrogen functional groups attached to an aromatic ring is 1. The molecule has 0 unspecified atom stereocenters. The summed E-state index contributed by atoms with van der Waals surface area (Å²) in [4.78, 5) is 0. The Morgan fingerprint density at radius 1 is 1.29 bits per heavy atom. The fourth-order valence-corrected chi connectivity index (χ4v) is 2.69. The molecule has 0 saturated carbocycles. The number of H-pyrrole nitrogens is 1. The topological polar surface area (TPSA) is 107 Å². The highest BCUT2D eigenvalue weighted by molar-refractivity contribution is 7.90. The molecule has 3 rings (SSSR count). The standard InChI is InChI=1S/C13H15N5O2S/c1-21(19,20)8-7-18-13-10(12(14)15-16-13)11(17-18)9-5-3-2-4-6-9/h2-6H,7-8H2,1H3,(H3,14,15,16). The molecule has 2 heterocycles. The number of aromatic amines is 1. The molecule has 0 aliphatic carbocycles. The summed E-state index contributed by atoms with van der Waals surface area (Å²) in [5, 5.41) is 12.0. The average Bonchev–Trinajstić information content (AvgIpc) is 2.98. The van der Waals surface area contributed by atoms with Crippen molar-refractivity contribution >= 4 is 26.7 Å². The van der Waals surface area contributed by atoms with Gasteiger partial charge in [0, 0.05) is 11.8 Å². The monoisotopic (exact) mass is 305 g/mol. The smallest absolute Gasteiger partial charge is 0.182 e. The first-order valence-electron chi connectivity index (χ1n) is 6.39. The molecular weight excluding hydrogens is 290 g/mol. The van der Waals surface area contributed by atoms with Gasteiger partial charge in [0.15, 0.2) is 5.65 Å². The van der Waals surface area contributed by atoms with E-state index >= 15 is 0 Å². The second kappa shape index (κ2) is 4.88. The van der Waals surface area contributed by atoms with Gasteiger partial charge in [-0.05, 0) is 0 Å². The van der Waals surface area contributed by atoms with Gasteiger partial charge in [-0.1, -0.05) is 30.3 Å². The normalized spacial score (nSPS) is 12.0. The summed E-state index contributed by atoms with van der Waals surface area (Å²) < 4.78 is 24.2. The molecule has 1 aromatic carbocycles. The summed E-state index contributed by atoms with van der Waals surface area (Å²) in [6.07, 6.45) is 1.20. The average molecular weight is 305 g/mol. The Morgan fingerprint density at radius 2 is 2.00 bits per heavy atom. The van der Waals surface area contributed by atoms with Crippen molar-refractivity contribution in [2.24, 2.45) is 0 Å². The summed E-state index contributed by atoms with van der Waals surface area (Å²) in [6, 6.07) is 9.59. The first-order chi connectivity index (χ1) is 9.96. The highest BCUT2D eigenvalue weighted by atomic mass is 32.2. The predicted octanol–water partition coefficient (Wildman–Crippen LogP) is 1.05. The Hall–Kier alpha value is -2.35. The van der Waals surface area contributed by atoms with E-state index in [0.29, 0.717) is 17.2 Å². The zero-order chi connectivity index (χ0) is 15.0. The van der Waals surface area contributed by atoms with Crippen LogP contribution in [-0.2, 0) is 16.4 Å². The summed E-state index contributed by atoms with van der Waals surface area (Å²) in [7, 11) is -3.07. The zero-order valence-electron chi connectivity index (χ0n) is 11.4. The van der Waals surface area contributed by atoms with Crippen molar-refractivity contribution in [1.82, 2.24) is 20.0 Å². The Kier molecular flexibility index (Phi) is 3.17. The number of aromatic nitrogens is 4. The maximum atomic E-state index is 11.3. The van der Waals surface area contributed by atoms with Gasteiger partial charge in [-0.15, -0.1) is 0 Å². The van der Waals surface area contributed by atoms with Crippen LogP contribution >= 0.6 is 0 Å². The van der Waals surface area contributed by atoms with Crippen LogP contribution < -0.4 is 5.73 Å². The van der Waals surface area contributed by atoms with Crippen LogP contribution in [0.2, 0.25) is 0 Å². The molecule has 3 aromatic rings. The van der Waals surface area contributed by atoms with Crippen LogP contribution in [0.25, 0.3) is 22.3 Å². The minimum Gasteiger partial charge on any atom is -0.383 e. The van der Waals surface area contributed by atoms with E-state index in [1.165, 1.54) is 6.26 Å². The predicted molar refractivity (Wildman–Crippen MR) is 81.4 cm³/mol. The van der Waals surface area contributed by atoms with Gasteiger partial charge in [-0.3, -0.25) is 5.10 Å². The number of anilines is 1. The first-order valence-corrected chi connectivity index (χ1v) is 8.45. The van der Waals surface area contributed by atoms with Gasteiger partial charge in [-0.25, -0.2) is 13.1 Å². The van der Waals surface area contributed by atoms with Crippen LogP contribution in [0.4, 0.5) is 5.82 Å². The number of nitrogens with two attached hydrogens (primary N) is 1. The van der Waals surface area contributed by atoms with Gasteiger partial charge < -0.3 is 5.73 Å². The summed E-state index contributed by atoms with van der Waals surface area (Å²) in [5.41, 5.74) is 8.10. The van der Waals surface area contributed by atoms with E-state index in [4.69, 9.17) is 5.73 Å². The van der Waals surface area contributed by atoms with Gasteiger partial charge >= 0.3 is 0 Å². The largest absolute Gasteiger partial charge is 0.383 e. The van der Waals surface area contributed by atoms with Crippen molar-refractivity contribution in [2.45, 2.75) is 6.54 Å². The van der Waals surface area contributed by atoms with Crippen LogP contribution in [0.5, 0.6) is 0 Å². The number of fused-ring (bicyclic) bond motifs is 1. The van der Waals surface area contributed by atoms with Crippen LogP contribution in [0.1, 0.15) is 0 Å². The van der Waals surface area contributed by atoms with Crippen molar-refractivity contribution in [3.05, 3.63) is 30.3 Å². The molecule has 2 aromatic heterocycles. The summed E-state index contributed by atoms with van der Waals surface area (Å²) >= 11 is 0. The molecule has 0 saturated heterocycles. The third kappa shape index (κ3) is 2.62. The third-order valence-corrected chi connectivity index (χ3v) is 4.12. The molecule has 0 bridgehead atoms. The van der Waals surface area contributed by atoms with Gasteiger partial charge in [0.1, 0.15) is 21.3 Å². The summed E-state index contributed by atoms with van der Waals surface area (Å²) in [5.74, 6) is 0.430. The highest BCUT2D eigenvalue weighted by Gasteiger charge is 2.18. The number of aryl methyl sites for hydroxylation is 1. The minimum atomic E-state index is -3.07.